The summed E-state index contributed by atoms with van der Waals surface area (Å²) in [5.41, 5.74) is 2.31. The standard InChI is InChI=1S/C25H28N6O3/c1-30-28-23(27-29-30)18-9-11-20(12-10-18)34-16-22(32)26-17-25(13-5-2-6-14-25)31-15-19-7-3-4-8-21(19)24(31)33/h3-4,7-12H,2,5-6,13-17H2,1H3,(H,26,32). The summed E-state index contributed by atoms with van der Waals surface area (Å²) in [5.74, 6) is 0.984. The van der Waals surface area contributed by atoms with Crippen LogP contribution in [0.1, 0.15) is 48.0 Å². The number of hydrogen-bond donors (Lipinski definition) is 1. The van der Waals surface area contributed by atoms with Crippen molar-refractivity contribution >= 4 is 11.8 Å². The van der Waals surface area contributed by atoms with Gasteiger partial charge in [0, 0.05) is 24.2 Å². The zero-order chi connectivity index (χ0) is 23.5. The van der Waals surface area contributed by atoms with Crippen molar-refractivity contribution in [2.75, 3.05) is 13.2 Å². The first-order valence-electron chi connectivity index (χ1n) is 11.7. The Hall–Kier alpha value is -3.75. The third-order valence-electron chi connectivity index (χ3n) is 6.78. The van der Waals surface area contributed by atoms with E-state index in [1.165, 1.54) is 4.80 Å². The van der Waals surface area contributed by atoms with E-state index in [1.807, 2.05) is 41.3 Å². The minimum Gasteiger partial charge on any atom is -0.484 e. The fraction of sp³-hybridized carbons (Fsp3) is 0.400. The lowest BCUT2D eigenvalue weighted by Gasteiger charge is -2.44. The van der Waals surface area contributed by atoms with Crippen LogP contribution >= 0.6 is 0 Å². The second-order valence-electron chi connectivity index (χ2n) is 9.03. The van der Waals surface area contributed by atoms with Crippen LogP contribution in [0.4, 0.5) is 0 Å². The highest BCUT2D eigenvalue weighted by molar-refractivity contribution is 5.98. The predicted molar refractivity (Wildman–Crippen MR) is 125 cm³/mol. The molecule has 0 radical (unpaired) electrons. The summed E-state index contributed by atoms with van der Waals surface area (Å²) in [7, 11) is 1.71. The highest BCUT2D eigenvalue weighted by Gasteiger charge is 2.44. The largest absolute Gasteiger partial charge is 0.484 e. The lowest BCUT2D eigenvalue weighted by atomic mass is 9.80. The maximum atomic E-state index is 13.2. The fourth-order valence-corrected chi connectivity index (χ4v) is 4.95. The van der Waals surface area contributed by atoms with Crippen LogP contribution < -0.4 is 10.1 Å². The number of ether oxygens (including phenoxy) is 1. The van der Waals surface area contributed by atoms with Crippen LogP contribution in [0.15, 0.2) is 48.5 Å². The van der Waals surface area contributed by atoms with Gasteiger partial charge in [-0.15, -0.1) is 10.2 Å². The molecule has 3 aromatic rings. The van der Waals surface area contributed by atoms with Gasteiger partial charge < -0.3 is 15.0 Å². The van der Waals surface area contributed by atoms with E-state index in [4.69, 9.17) is 4.74 Å². The third kappa shape index (κ3) is 4.37. The predicted octanol–water partition coefficient (Wildman–Crippen LogP) is 2.73. The number of nitrogens with zero attached hydrogens (tertiary/aromatic N) is 5. The number of amides is 2. The summed E-state index contributed by atoms with van der Waals surface area (Å²) in [4.78, 5) is 29.2. The highest BCUT2D eigenvalue weighted by Crippen LogP contribution is 2.38. The molecule has 2 aromatic carbocycles. The molecule has 176 valence electrons. The molecular formula is C25H28N6O3. The lowest BCUT2D eigenvalue weighted by molar-refractivity contribution is -0.123. The number of rotatable bonds is 7. The summed E-state index contributed by atoms with van der Waals surface area (Å²) in [6.07, 6.45) is 5.06. The van der Waals surface area contributed by atoms with Gasteiger partial charge in [0.15, 0.2) is 6.61 Å². The van der Waals surface area contributed by atoms with Gasteiger partial charge in [0.25, 0.3) is 11.8 Å². The molecule has 1 N–H and O–H groups in total. The Morgan fingerprint density at radius 3 is 2.56 bits per heavy atom. The summed E-state index contributed by atoms with van der Waals surface area (Å²) in [6, 6.07) is 15.0. The van der Waals surface area contributed by atoms with Crippen LogP contribution in [-0.2, 0) is 18.4 Å². The van der Waals surface area contributed by atoms with Crippen LogP contribution in [0.25, 0.3) is 11.4 Å². The van der Waals surface area contributed by atoms with Gasteiger partial charge in [-0.25, -0.2) is 0 Å². The Bertz CT molecular complexity index is 1180. The summed E-state index contributed by atoms with van der Waals surface area (Å²) >= 11 is 0. The number of nitrogens with one attached hydrogen (secondary N) is 1. The average molecular weight is 461 g/mol. The van der Waals surface area contributed by atoms with Crippen LogP contribution in [-0.4, -0.2) is 55.6 Å². The molecule has 5 rings (SSSR count). The van der Waals surface area contributed by atoms with Crippen molar-refractivity contribution in [2.45, 2.75) is 44.2 Å². The second kappa shape index (κ2) is 9.24. The van der Waals surface area contributed by atoms with E-state index >= 15 is 0 Å². The molecule has 9 heteroatoms. The number of aromatic nitrogens is 4. The van der Waals surface area contributed by atoms with Crippen LogP contribution in [0.3, 0.4) is 0 Å². The normalized spacial score (nSPS) is 16.9. The highest BCUT2D eigenvalue weighted by atomic mass is 16.5. The Morgan fingerprint density at radius 2 is 1.85 bits per heavy atom. The van der Waals surface area contributed by atoms with Gasteiger partial charge in [0.05, 0.1) is 12.6 Å². The minimum atomic E-state index is -0.352. The zero-order valence-electron chi connectivity index (χ0n) is 19.2. The maximum Gasteiger partial charge on any atom is 0.258 e. The van der Waals surface area contributed by atoms with E-state index in [0.29, 0.717) is 24.7 Å². The van der Waals surface area contributed by atoms with E-state index in [2.05, 4.69) is 20.7 Å². The van der Waals surface area contributed by atoms with E-state index in [-0.39, 0.29) is 24.0 Å². The van der Waals surface area contributed by atoms with Crippen molar-refractivity contribution in [1.82, 2.24) is 30.4 Å². The van der Waals surface area contributed by atoms with Gasteiger partial charge in [0.2, 0.25) is 5.82 Å². The van der Waals surface area contributed by atoms with Crippen molar-refractivity contribution in [3.63, 3.8) is 0 Å². The molecule has 2 amide bonds. The summed E-state index contributed by atoms with van der Waals surface area (Å²) < 4.78 is 5.68. The van der Waals surface area contributed by atoms with E-state index in [9.17, 15) is 9.59 Å². The molecule has 0 unspecified atom stereocenters. The fourth-order valence-electron chi connectivity index (χ4n) is 4.95. The molecule has 1 fully saturated rings. The van der Waals surface area contributed by atoms with Crippen molar-refractivity contribution in [1.29, 1.82) is 0 Å². The number of benzene rings is 2. The molecular weight excluding hydrogens is 432 g/mol. The lowest BCUT2D eigenvalue weighted by Crippen LogP contribution is -2.57. The average Bonchev–Trinajstić information content (AvgIpc) is 3.46. The monoisotopic (exact) mass is 460 g/mol. The zero-order valence-corrected chi connectivity index (χ0v) is 19.2. The first-order chi connectivity index (χ1) is 16.5. The maximum absolute atomic E-state index is 13.2. The topological polar surface area (TPSA) is 102 Å². The van der Waals surface area contributed by atoms with Crippen LogP contribution in [0.5, 0.6) is 5.75 Å². The second-order valence-corrected chi connectivity index (χ2v) is 9.03. The molecule has 1 saturated carbocycles. The van der Waals surface area contributed by atoms with Gasteiger partial charge in [-0.2, -0.15) is 4.80 Å². The Kier molecular flexibility index (Phi) is 6.00. The first-order valence-corrected chi connectivity index (χ1v) is 11.7. The van der Waals surface area contributed by atoms with Gasteiger partial charge in [-0.05, 0) is 54.0 Å². The van der Waals surface area contributed by atoms with Gasteiger partial charge in [0.1, 0.15) is 5.75 Å². The Balaban J connectivity index is 1.19. The van der Waals surface area contributed by atoms with E-state index in [0.717, 1.165) is 48.8 Å². The van der Waals surface area contributed by atoms with Crippen LogP contribution in [0.2, 0.25) is 0 Å². The van der Waals surface area contributed by atoms with Crippen LogP contribution in [0, 0.1) is 0 Å². The van der Waals surface area contributed by atoms with E-state index in [1.54, 1.807) is 19.2 Å². The minimum absolute atomic E-state index is 0.0701. The van der Waals surface area contributed by atoms with E-state index < -0.39 is 0 Å². The number of carbonyl (C=O) groups is 2. The quantitative estimate of drug-likeness (QED) is 0.582. The molecule has 0 spiro atoms. The molecule has 1 aromatic heterocycles. The number of fused-ring (bicyclic) bond motifs is 1. The van der Waals surface area contributed by atoms with Crippen molar-refractivity contribution < 1.29 is 14.3 Å². The van der Waals surface area contributed by atoms with Crippen molar-refractivity contribution in [2.24, 2.45) is 7.05 Å². The number of hydrogen-bond acceptors (Lipinski definition) is 6. The number of tetrazole rings is 1. The Labute approximate surface area is 198 Å². The molecule has 1 aliphatic carbocycles. The summed E-state index contributed by atoms with van der Waals surface area (Å²) in [6.45, 7) is 0.952. The molecule has 0 bridgehead atoms. The number of aryl methyl sites for hydroxylation is 1. The smallest absolute Gasteiger partial charge is 0.258 e. The molecule has 0 atom stereocenters. The van der Waals surface area contributed by atoms with Crippen molar-refractivity contribution in [3.05, 3.63) is 59.7 Å². The molecule has 1 aliphatic heterocycles. The van der Waals surface area contributed by atoms with Gasteiger partial charge in [-0.3, -0.25) is 9.59 Å². The molecule has 34 heavy (non-hydrogen) atoms. The SMILES string of the molecule is Cn1nnc(-c2ccc(OCC(=O)NCC3(N4Cc5ccccc5C4=O)CCCCC3)cc2)n1. The summed E-state index contributed by atoms with van der Waals surface area (Å²) in [5, 5.41) is 15.0. The van der Waals surface area contributed by atoms with Gasteiger partial charge in [-0.1, -0.05) is 37.5 Å². The molecule has 2 aliphatic rings. The molecule has 9 nitrogen and oxygen atoms in total. The first kappa shape index (κ1) is 22.1. The third-order valence-corrected chi connectivity index (χ3v) is 6.78. The van der Waals surface area contributed by atoms with Crippen molar-refractivity contribution in [3.8, 4) is 17.1 Å². The molecule has 2 heterocycles. The molecule has 0 saturated heterocycles. The number of carbonyl (C=O) groups excluding carboxylic acids is 2. The van der Waals surface area contributed by atoms with Gasteiger partial charge >= 0.3 is 0 Å². The Morgan fingerprint density at radius 1 is 1.09 bits per heavy atom.